The number of pyridine rings is 1. The minimum absolute atomic E-state index is 0.140. The molecule has 2 saturated carbocycles. The van der Waals surface area contributed by atoms with Crippen LogP contribution in [0.5, 0.6) is 5.75 Å². The molecule has 1 unspecified atom stereocenters. The molecular weight excluding hydrogens is 709 g/mol. The van der Waals surface area contributed by atoms with Gasteiger partial charge in [-0.25, -0.2) is 8.42 Å². The molecule has 14 heteroatoms. The molecule has 2 fully saturated rings. The standard InChI is InChI=1S/C38H50N2O10S2/c1-4-5-6-12-34(41)40(38(45,46)37(43,44)35(42)52(3,47)48)21-9-22-51-29-16-13-26(2)27(23-29)25-49-36(18-19-36)32-24-39-20-17-30(32)31-10-7-8-11-33(31)50-28-14-15-28/h7-8,10-11,13,16-17,20,23-24,28,35,42-46H,4-6,9,12,14-15,18-19,21-22,25H2,1-3H3. The van der Waals surface area contributed by atoms with Crippen molar-refractivity contribution in [2.24, 2.45) is 0 Å². The molecule has 0 radical (unpaired) electrons. The van der Waals surface area contributed by atoms with Crippen LogP contribution < -0.4 is 4.74 Å². The Morgan fingerprint density at radius 1 is 1.06 bits per heavy atom. The van der Waals surface area contributed by atoms with E-state index in [0.29, 0.717) is 36.4 Å². The molecular formula is C38H50N2O10S2. The Bertz CT molecular complexity index is 1810. The first kappa shape index (κ1) is 40.1. The van der Waals surface area contributed by atoms with E-state index < -0.39 is 38.5 Å². The van der Waals surface area contributed by atoms with E-state index in [4.69, 9.17) is 9.47 Å². The quantitative estimate of drug-likeness (QED) is 0.0623. The number of sulfone groups is 1. The average molecular weight is 759 g/mol. The van der Waals surface area contributed by atoms with Gasteiger partial charge in [0.25, 0.3) is 5.79 Å². The first-order chi connectivity index (χ1) is 24.6. The SMILES string of the molecule is CCCCCC(=O)N(CCCSc1ccc(C)c(COC2(c3cnccc3-c3ccccc3OC3CC3)CC2)c1)C(O)(O)C(O)(O)C(O)S(C)(=O)=O. The summed E-state index contributed by atoms with van der Waals surface area (Å²) in [6.07, 6.45) is 10.2. The van der Waals surface area contributed by atoms with Gasteiger partial charge in [-0.05, 0) is 92.2 Å². The van der Waals surface area contributed by atoms with Crippen molar-refractivity contribution in [1.29, 1.82) is 0 Å². The van der Waals surface area contributed by atoms with Gasteiger partial charge in [-0.3, -0.25) is 14.7 Å². The molecule has 5 N–H and O–H groups in total. The molecule has 0 aliphatic heterocycles. The van der Waals surface area contributed by atoms with Crippen molar-refractivity contribution in [2.75, 3.05) is 18.6 Å². The van der Waals surface area contributed by atoms with Crippen LogP contribution in [-0.4, -0.2) is 91.5 Å². The van der Waals surface area contributed by atoms with Crippen LogP contribution in [0.25, 0.3) is 11.1 Å². The Hall–Kier alpha value is -3.08. The summed E-state index contributed by atoms with van der Waals surface area (Å²) in [5, 5.41) is 52.5. The largest absolute Gasteiger partial charge is 0.490 e. The van der Waals surface area contributed by atoms with Crippen molar-refractivity contribution in [3.8, 4) is 16.9 Å². The highest BCUT2D eigenvalue weighted by molar-refractivity contribution is 7.99. The molecule has 0 spiro atoms. The Kier molecular flexibility index (Phi) is 12.7. The van der Waals surface area contributed by atoms with Crippen molar-refractivity contribution in [3.05, 3.63) is 77.6 Å². The first-order valence-corrected chi connectivity index (χ1v) is 20.7. The number of nitrogens with zero attached hydrogens (tertiary/aromatic N) is 2. The van der Waals surface area contributed by atoms with Gasteiger partial charge in [-0.1, -0.05) is 44.0 Å². The molecule has 1 amide bonds. The van der Waals surface area contributed by atoms with Crippen LogP contribution in [0.2, 0.25) is 0 Å². The average Bonchev–Trinajstić information content (AvgIpc) is 4.05. The van der Waals surface area contributed by atoms with E-state index >= 15 is 0 Å². The van der Waals surface area contributed by atoms with E-state index in [1.165, 1.54) is 11.8 Å². The van der Waals surface area contributed by atoms with Crippen LogP contribution in [0, 0.1) is 6.92 Å². The van der Waals surface area contributed by atoms with Gasteiger partial charge in [0.05, 0.1) is 18.3 Å². The number of carbonyl (C=O) groups is 1. The number of rotatable bonds is 20. The van der Waals surface area contributed by atoms with Crippen LogP contribution in [0.4, 0.5) is 0 Å². The monoisotopic (exact) mass is 758 g/mol. The Morgan fingerprint density at radius 2 is 1.79 bits per heavy atom. The lowest BCUT2D eigenvalue weighted by molar-refractivity contribution is -0.416. The molecule has 0 bridgehead atoms. The molecule has 2 aliphatic carbocycles. The lowest BCUT2D eigenvalue weighted by atomic mass is 9.96. The van der Waals surface area contributed by atoms with Crippen LogP contribution in [-0.2, 0) is 31.6 Å². The first-order valence-electron chi connectivity index (χ1n) is 17.7. The topological polar surface area (TPSA) is 187 Å². The van der Waals surface area contributed by atoms with Crippen molar-refractivity contribution >= 4 is 27.5 Å². The predicted molar refractivity (Wildman–Crippen MR) is 197 cm³/mol. The highest BCUT2D eigenvalue weighted by atomic mass is 32.2. The summed E-state index contributed by atoms with van der Waals surface area (Å²) in [4.78, 5) is 18.9. The highest BCUT2D eigenvalue weighted by Crippen LogP contribution is 2.53. The normalized spacial score (nSPS) is 16.4. The molecule has 1 atom stereocenters. The van der Waals surface area contributed by atoms with Crippen molar-refractivity contribution in [3.63, 3.8) is 0 Å². The number of amides is 1. The molecule has 1 heterocycles. The lowest BCUT2D eigenvalue weighted by Crippen LogP contribution is -2.71. The van der Waals surface area contributed by atoms with Crippen LogP contribution in [0.3, 0.4) is 0 Å². The zero-order chi connectivity index (χ0) is 37.7. The zero-order valence-electron chi connectivity index (χ0n) is 29.9. The van der Waals surface area contributed by atoms with E-state index in [0.717, 1.165) is 70.6 Å². The third-order valence-electron chi connectivity index (χ3n) is 9.55. The number of hydrogen-bond donors (Lipinski definition) is 5. The molecule has 12 nitrogen and oxygen atoms in total. The van der Waals surface area contributed by atoms with Crippen molar-refractivity contribution < 1.29 is 48.2 Å². The number of unbranched alkanes of at least 4 members (excludes halogenated alkanes) is 2. The number of ether oxygens (including phenoxy) is 2. The molecule has 5 rings (SSSR count). The van der Waals surface area contributed by atoms with Crippen LogP contribution in [0.1, 0.15) is 81.4 Å². The van der Waals surface area contributed by atoms with E-state index in [-0.39, 0.29) is 25.5 Å². The summed E-state index contributed by atoms with van der Waals surface area (Å²) < 4.78 is 36.7. The second-order valence-corrected chi connectivity index (χ2v) is 17.1. The summed E-state index contributed by atoms with van der Waals surface area (Å²) in [5.41, 5.74) is 1.68. The molecule has 1 aromatic heterocycles. The minimum Gasteiger partial charge on any atom is -0.490 e. The molecule has 284 valence electrons. The maximum atomic E-state index is 13.1. The maximum absolute atomic E-state index is 13.1. The molecule has 2 aromatic carbocycles. The van der Waals surface area contributed by atoms with Crippen molar-refractivity contribution in [2.45, 2.75) is 112 Å². The van der Waals surface area contributed by atoms with Gasteiger partial charge in [-0.15, -0.1) is 11.8 Å². The van der Waals surface area contributed by atoms with Crippen LogP contribution >= 0.6 is 11.8 Å². The number of aliphatic hydroxyl groups is 5. The van der Waals surface area contributed by atoms with E-state index in [1.807, 2.05) is 62.5 Å². The number of carbonyl (C=O) groups excluding carboxylic acids is 1. The third-order valence-corrected chi connectivity index (χ3v) is 11.8. The number of benzene rings is 2. The summed E-state index contributed by atoms with van der Waals surface area (Å²) in [6, 6.07) is 16.1. The fourth-order valence-corrected chi connectivity index (χ4v) is 7.71. The molecule has 2 aliphatic rings. The Labute approximate surface area is 309 Å². The second-order valence-electron chi connectivity index (χ2n) is 13.9. The fraction of sp³-hybridized carbons (Fsp3) is 0.526. The number of aliphatic hydroxyl groups excluding tert-OH is 1. The minimum atomic E-state index is -4.56. The third kappa shape index (κ3) is 9.34. The molecule has 3 aromatic rings. The van der Waals surface area contributed by atoms with Crippen LogP contribution in [0.15, 0.2) is 65.8 Å². The summed E-state index contributed by atoms with van der Waals surface area (Å²) in [5.74, 6) is -7.35. The number of hydrogen-bond acceptors (Lipinski definition) is 12. The van der Waals surface area contributed by atoms with Gasteiger partial charge < -0.3 is 35.0 Å². The summed E-state index contributed by atoms with van der Waals surface area (Å²) in [6.45, 7) is 3.95. The van der Waals surface area contributed by atoms with Gasteiger partial charge in [0.1, 0.15) is 5.75 Å². The van der Waals surface area contributed by atoms with Gasteiger partial charge in [0.2, 0.25) is 11.3 Å². The lowest BCUT2D eigenvalue weighted by Gasteiger charge is -2.43. The fourth-order valence-electron chi connectivity index (χ4n) is 6.05. The number of thioether (sulfide) groups is 1. The van der Waals surface area contributed by atoms with Gasteiger partial charge in [0, 0.05) is 47.6 Å². The Morgan fingerprint density at radius 3 is 2.46 bits per heavy atom. The number of aryl methyl sites for hydroxylation is 1. The van der Waals surface area contributed by atoms with Gasteiger partial charge in [0.15, 0.2) is 9.84 Å². The highest BCUT2D eigenvalue weighted by Gasteiger charge is 2.61. The Balaban J connectivity index is 1.24. The maximum Gasteiger partial charge on any atom is 0.309 e. The number of para-hydroxylation sites is 1. The smallest absolute Gasteiger partial charge is 0.309 e. The van der Waals surface area contributed by atoms with Crippen molar-refractivity contribution in [1.82, 2.24) is 9.88 Å². The molecule has 0 saturated heterocycles. The van der Waals surface area contributed by atoms with E-state index in [9.17, 15) is 38.7 Å². The van der Waals surface area contributed by atoms with E-state index in [1.54, 1.807) is 6.20 Å². The van der Waals surface area contributed by atoms with E-state index in [2.05, 4.69) is 11.1 Å². The van der Waals surface area contributed by atoms with Gasteiger partial charge in [-0.2, -0.15) is 0 Å². The second kappa shape index (κ2) is 16.5. The number of aromatic nitrogens is 1. The zero-order valence-corrected chi connectivity index (χ0v) is 31.5. The van der Waals surface area contributed by atoms with Gasteiger partial charge >= 0.3 is 5.91 Å². The molecule has 52 heavy (non-hydrogen) atoms. The summed E-state index contributed by atoms with van der Waals surface area (Å²) >= 11 is 1.45. The summed E-state index contributed by atoms with van der Waals surface area (Å²) in [7, 11) is -4.56. The predicted octanol–water partition coefficient (Wildman–Crippen LogP) is 4.38.